The van der Waals surface area contributed by atoms with Crippen LogP contribution >= 0.6 is 23.4 Å². The number of thioether (sulfide) groups is 1. The maximum Gasteiger partial charge on any atom is 0.306 e. The summed E-state index contributed by atoms with van der Waals surface area (Å²) in [6.07, 6.45) is 0.394. The van der Waals surface area contributed by atoms with Crippen molar-refractivity contribution in [3.8, 4) is 0 Å². The number of carbonyl (C=O) groups excluding carboxylic acids is 1. The zero-order valence-corrected chi connectivity index (χ0v) is 11.5. The summed E-state index contributed by atoms with van der Waals surface area (Å²) >= 11 is 7.73. The standard InChI is InChI=1S/C12H16ClNO2S/c1-14-8-9-4-3-5-10(13)12(9)17-7-6-11(15)16-2/h3-5,14H,6-8H2,1-2H3. The van der Waals surface area contributed by atoms with Crippen molar-refractivity contribution in [1.82, 2.24) is 5.32 Å². The van der Waals surface area contributed by atoms with Gasteiger partial charge in [0.1, 0.15) is 0 Å². The molecule has 1 N–H and O–H groups in total. The number of halogens is 1. The second-order valence-corrected chi connectivity index (χ2v) is 4.95. The Balaban J connectivity index is 2.65. The van der Waals surface area contributed by atoms with Crippen LogP contribution in [0.25, 0.3) is 0 Å². The number of methoxy groups -OCH3 is 1. The first kappa shape index (κ1) is 14.4. The van der Waals surface area contributed by atoms with Gasteiger partial charge in [-0.2, -0.15) is 0 Å². The second-order valence-electron chi connectivity index (χ2n) is 3.43. The van der Waals surface area contributed by atoms with E-state index < -0.39 is 0 Å². The van der Waals surface area contributed by atoms with E-state index in [4.69, 9.17) is 11.6 Å². The fourth-order valence-corrected chi connectivity index (χ4v) is 2.75. The van der Waals surface area contributed by atoms with E-state index in [2.05, 4.69) is 10.1 Å². The molecule has 0 aliphatic heterocycles. The Morgan fingerprint density at radius 3 is 2.94 bits per heavy atom. The van der Waals surface area contributed by atoms with Crippen molar-refractivity contribution in [1.29, 1.82) is 0 Å². The highest BCUT2D eigenvalue weighted by Gasteiger charge is 2.08. The third-order valence-electron chi connectivity index (χ3n) is 2.20. The maximum absolute atomic E-state index is 11.0. The van der Waals surface area contributed by atoms with Crippen LogP contribution in [0.1, 0.15) is 12.0 Å². The van der Waals surface area contributed by atoms with Crippen molar-refractivity contribution in [3.05, 3.63) is 28.8 Å². The van der Waals surface area contributed by atoms with Crippen LogP contribution in [0.3, 0.4) is 0 Å². The predicted molar refractivity (Wildman–Crippen MR) is 71.6 cm³/mol. The van der Waals surface area contributed by atoms with Crippen LogP contribution in [-0.2, 0) is 16.1 Å². The quantitative estimate of drug-likeness (QED) is 0.639. The lowest BCUT2D eigenvalue weighted by molar-refractivity contribution is -0.140. The molecule has 3 nitrogen and oxygen atoms in total. The molecule has 0 saturated carbocycles. The lowest BCUT2D eigenvalue weighted by Gasteiger charge is -2.10. The molecule has 0 unspecified atom stereocenters. The Morgan fingerprint density at radius 2 is 2.29 bits per heavy atom. The number of nitrogens with one attached hydrogen (secondary N) is 1. The van der Waals surface area contributed by atoms with Gasteiger partial charge in [0.2, 0.25) is 0 Å². The normalized spacial score (nSPS) is 10.3. The summed E-state index contributed by atoms with van der Waals surface area (Å²) in [6.45, 7) is 0.765. The number of rotatable bonds is 6. The SMILES string of the molecule is CNCc1cccc(Cl)c1SCCC(=O)OC. The van der Waals surface area contributed by atoms with Crippen LogP contribution in [0, 0.1) is 0 Å². The van der Waals surface area contributed by atoms with Gasteiger partial charge >= 0.3 is 5.97 Å². The zero-order valence-electron chi connectivity index (χ0n) is 9.96. The van der Waals surface area contributed by atoms with E-state index in [0.29, 0.717) is 12.2 Å². The van der Waals surface area contributed by atoms with Gasteiger partial charge in [-0.05, 0) is 18.7 Å². The highest BCUT2D eigenvalue weighted by Crippen LogP contribution is 2.31. The molecule has 0 aliphatic rings. The highest BCUT2D eigenvalue weighted by atomic mass is 35.5. The molecule has 1 aromatic rings. The van der Waals surface area contributed by atoms with Crippen molar-refractivity contribution < 1.29 is 9.53 Å². The Bertz CT molecular complexity index is 385. The monoisotopic (exact) mass is 273 g/mol. The first-order valence-corrected chi connectivity index (χ1v) is 6.67. The molecule has 0 aromatic heterocycles. The summed E-state index contributed by atoms with van der Waals surface area (Å²) in [6, 6.07) is 5.82. The molecule has 1 aromatic carbocycles. The molecule has 0 bridgehead atoms. The van der Waals surface area contributed by atoms with Gasteiger partial charge in [-0.3, -0.25) is 4.79 Å². The Hall–Kier alpha value is -0.710. The van der Waals surface area contributed by atoms with E-state index in [0.717, 1.165) is 22.0 Å². The third-order valence-corrected chi connectivity index (χ3v) is 3.80. The summed E-state index contributed by atoms with van der Waals surface area (Å²) < 4.78 is 4.60. The summed E-state index contributed by atoms with van der Waals surface area (Å²) in [5.41, 5.74) is 1.15. The van der Waals surface area contributed by atoms with Crippen molar-refractivity contribution >= 4 is 29.3 Å². The summed E-state index contributed by atoms with van der Waals surface area (Å²) in [4.78, 5) is 12.1. The minimum Gasteiger partial charge on any atom is -0.469 e. The number of ether oxygens (including phenoxy) is 1. The average molecular weight is 274 g/mol. The molecular formula is C12H16ClNO2S. The average Bonchev–Trinajstić information content (AvgIpc) is 2.32. The fraction of sp³-hybridized carbons (Fsp3) is 0.417. The first-order valence-electron chi connectivity index (χ1n) is 5.30. The molecule has 0 saturated heterocycles. The van der Waals surface area contributed by atoms with E-state index >= 15 is 0 Å². The Morgan fingerprint density at radius 1 is 1.53 bits per heavy atom. The number of esters is 1. The van der Waals surface area contributed by atoms with Crippen LogP contribution in [-0.4, -0.2) is 25.9 Å². The fourth-order valence-electron chi connectivity index (χ4n) is 1.38. The van der Waals surface area contributed by atoms with E-state index in [1.807, 2.05) is 25.2 Å². The van der Waals surface area contributed by atoms with Gasteiger partial charge in [0, 0.05) is 17.2 Å². The molecule has 0 spiro atoms. The van der Waals surface area contributed by atoms with Gasteiger partial charge < -0.3 is 10.1 Å². The third kappa shape index (κ3) is 4.58. The lowest BCUT2D eigenvalue weighted by atomic mass is 10.2. The van der Waals surface area contributed by atoms with Crippen molar-refractivity contribution in [2.75, 3.05) is 19.9 Å². The molecule has 0 atom stereocenters. The van der Waals surface area contributed by atoms with Crippen LogP contribution in [0.5, 0.6) is 0 Å². The minimum atomic E-state index is -0.195. The molecule has 0 heterocycles. The molecule has 94 valence electrons. The van der Waals surface area contributed by atoms with E-state index in [1.165, 1.54) is 7.11 Å². The van der Waals surface area contributed by atoms with Crippen molar-refractivity contribution in [2.45, 2.75) is 17.9 Å². The van der Waals surface area contributed by atoms with Crippen LogP contribution < -0.4 is 5.32 Å². The summed E-state index contributed by atoms with van der Waals surface area (Å²) in [5.74, 6) is 0.479. The molecule has 17 heavy (non-hydrogen) atoms. The number of hydrogen-bond acceptors (Lipinski definition) is 4. The molecule has 0 aliphatic carbocycles. The highest BCUT2D eigenvalue weighted by molar-refractivity contribution is 7.99. The first-order chi connectivity index (χ1) is 8.19. The van der Waals surface area contributed by atoms with Crippen LogP contribution in [0.2, 0.25) is 5.02 Å². The number of benzene rings is 1. The smallest absolute Gasteiger partial charge is 0.306 e. The second kappa shape index (κ2) is 7.58. The van der Waals surface area contributed by atoms with Gasteiger partial charge in [0.25, 0.3) is 0 Å². The summed E-state index contributed by atoms with van der Waals surface area (Å²) in [5, 5.41) is 3.83. The summed E-state index contributed by atoms with van der Waals surface area (Å²) in [7, 11) is 3.29. The molecule has 0 radical (unpaired) electrons. The number of carbonyl (C=O) groups is 1. The van der Waals surface area contributed by atoms with Gasteiger partial charge in [0.15, 0.2) is 0 Å². The van der Waals surface area contributed by atoms with E-state index in [-0.39, 0.29) is 5.97 Å². The van der Waals surface area contributed by atoms with Gasteiger partial charge in [-0.15, -0.1) is 11.8 Å². The Labute approximate surface area is 111 Å². The van der Waals surface area contributed by atoms with Crippen molar-refractivity contribution in [3.63, 3.8) is 0 Å². The van der Waals surface area contributed by atoms with Crippen molar-refractivity contribution in [2.24, 2.45) is 0 Å². The predicted octanol–water partition coefficient (Wildman–Crippen LogP) is 2.71. The molecule has 0 amide bonds. The largest absolute Gasteiger partial charge is 0.469 e. The van der Waals surface area contributed by atoms with E-state index in [1.54, 1.807) is 11.8 Å². The molecule has 1 rings (SSSR count). The zero-order chi connectivity index (χ0) is 12.7. The van der Waals surface area contributed by atoms with Crippen LogP contribution in [0.15, 0.2) is 23.1 Å². The minimum absolute atomic E-state index is 0.195. The van der Waals surface area contributed by atoms with Gasteiger partial charge in [-0.25, -0.2) is 0 Å². The van der Waals surface area contributed by atoms with Gasteiger partial charge in [-0.1, -0.05) is 23.7 Å². The molecule has 0 fully saturated rings. The van der Waals surface area contributed by atoms with Gasteiger partial charge in [0.05, 0.1) is 18.6 Å². The van der Waals surface area contributed by atoms with E-state index in [9.17, 15) is 4.79 Å². The maximum atomic E-state index is 11.0. The topological polar surface area (TPSA) is 38.3 Å². The molecular weight excluding hydrogens is 258 g/mol. The number of hydrogen-bond donors (Lipinski definition) is 1. The Kier molecular flexibility index (Phi) is 6.40. The molecule has 5 heteroatoms. The van der Waals surface area contributed by atoms with Crippen LogP contribution in [0.4, 0.5) is 0 Å². The lowest BCUT2D eigenvalue weighted by Crippen LogP contribution is -2.07.